The van der Waals surface area contributed by atoms with E-state index >= 15 is 0 Å². The second-order valence-corrected chi connectivity index (χ2v) is 4.65. The summed E-state index contributed by atoms with van der Waals surface area (Å²) < 4.78 is 13.2. The van der Waals surface area contributed by atoms with Crippen molar-refractivity contribution in [1.29, 1.82) is 0 Å². The van der Waals surface area contributed by atoms with Crippen LogP contribution >= 0.6 is 0 Å². The minimum atomic E-state index is -0.342. The molecule has 1 fully saturated rings. The van der Waals surface area contributed by atoms with Gasteiger partial charge in [-0.25, -0.2) is 4.39 Å². The summed E-state index contributed by atoms with van der Waals surface area (Å²) in [4.78, 5) is 12.1. The van der Waals surface area contributed by atoms with Gasteiger partial charge in [-0.3, -0.25) is 4.79 Å². The lowest BCUT2D eigenvalue weighted by atomic mass is 9.95. The van der Waals surface area contributed by atoms with Gasteiger partial charge in [0.2, 0.25) is 0 Å². The molecule has 2 atom stereocenters. The van der Waals surface area contributed by atoms with Crippen LogP contribution < -0.4 is 5.73 Å². The Kier molecular flexibility index (Phi) is 3.06. The number of carbonyl (C=O) groups is 1. The van der Waals surface area contributed by atoms with Crippen molar-refractivity contribution in [3.63, 3.8) is 0 Å². The van der Waals surface area contributed by atoms with E-state index in [0.29, 0.717) is 5.56 Å². The molecule has 2 rings (SSSR count). The zero-order chi connectivity index (χ0) is 11.7. The summed E-state index contributed by atoms with van der Waals surface area (Å²) in [7, 11) is 0. The largest absolute Gasteiger partial charge is 0.328 e. The van der Waals surface area contributed by atoms with Crippen molar-refractivity contribution in [1.82, 2.24) is 0 Å². The standard InChI is InChI=1S/C13H16FNO/c1-8-4-10(6-11(14)5-8)13(16)9-2-3-12(15)7-9/h4-6,9,12H,2-3,7,15H2,1H3. The number of aryl methyl sites for hydroxylation is 1. The van der Waals surface area contributed by atoms with Crippen LogP contribution in [0.5, 0.6) is 0 Å². The van der Waals surface area contributed by atoms with Gasteiger partial charge in [0.05, 0.1) is 0 Å². The van der Waals surface area contributed by atoms with Gasteiger partial charge in [0.1, 0.15) is 5.82 Å². The van der Waals surface area contributed by atoms with Gasteiger partial charge in [-0.15, -0.1) is 0 Å². The summed E-state index contributed by atoms with van der Waals surface area (Å²) in [5.41, 5.74) is 7.04. The highest BCUT2D eigenvalue weighted by Crippen LogP contribution is 2.28. The van der Waals surface area contributed by atoms with E-state index in [9.17, 15) is 9.18 Å². The third kappa shape index (κ3) is 2.30. The molecule has 1 aromatic rings. The lowest BCUT2D eigenvalue weighted by Gasteiger charge is -2.09. The van der Waals surface area contributed by atoms with Crippen LogP contribution in [0.3, 0.4) is 0 Å². The van der Waals surface area contributed by atoms with Gasteiger partial charge >= 0.3 is 0 Å². The lowest BCUT2D eigenvalue weighted by molar-refractivity contribution is 0.0921. The number of ketones is 1. The van der Waals surface area contributed by atoms with Crippen LogP contribution in [-0.2, 0) is 0 Å². The first-order chi connectivity index (χ1) is 7.56. The molecule has 3 heteroatoms. The lowest BCUT2D eigenvalue weighted by Crippen LogP contribution is -2.18. The van der Waals surface area contributed by atoms with Crippen LogP contribution in [0.15, 0.2) is 18.2 Å². The van der Waals surface area contributed by atoms with Crippen LogP contribution in [0.2, 0.25) is 0 Å². The second-order valence-electron chi connectivity index (χ2n) is 4.65. The number of hydrogen-bond donors (Lipinski definition) is 1. The van der Waals surface area contributed by atoms with Crippen molar-refractivity contribution in [2.75, 3.05) is 0 Å². The molecule has 86 valence electrons. The minimum Gasteiger partial charge on any atom is -0.328 e. The van der Waals surface area contributed by atoms with Crippen molar-refractivity contribution < 1.29 is 9.18 Å². The molecule has 0 heterocycles. The van der Waals surface area contributed by atoms with Gasteiger partial charge in [-0.1, -0.05) is 0 Å². The number of benzene rings is 1. The van der Waals surface area contributed by atoms with Crippen LogP contribution in [0.4, 0.5) is 4.39 Å². The maximum absolute atomic E-state index is 13.2. The topological polar surface area (TPSA) is 43.1 Å². The van der Waals surface area contributed by atoms with E-state index in [4.69, 9.17) is 5.73 Å². The van der Waals surface area contributed by atoms with Gasteiger partial charge < -0.3 is 5.73 Å². The Hall–Kier alpha value is -1.22. The van der Waals surface area contributed by atoms with E-state index in [-0.39, 0.29) is 23.6 Å². The minimum absolute atomic E-state index is 0.0174. The van der Waals surface area contributed by atoms with Crippen molar-refractivity contribution in [2.24, 2.45) is 11.7 Å². The molecule has 1 aliphatic rings. The molecule has 0 aliphatic heterocycles. The Morgan fingerprint density at radius 2 is 2.12 bits per heavy atom. The number of carbonyl (C=O) groups excluding carboxylic acids is 1. The highest BCUT2D eigenvalue weighted by atomic mass is 19.1. The fourth-order valence-electron chi connectivity index (χ4n) is 2.37. The Labute approximate surface area is 94.6 Å². The molecule has 0 spiro atoms. The average Bonchev–Trinajstić information content (AvgIpc) is 2.62. The van der Waals surface area contributed by atoms with E-state index in [1.165, 1.54) is 12.1 Å². The molecule has 0 saturated heterocycles. The predicted molar refractivity (Wildman–Crippen MR) is 60.8 cm³/mol. The Bertz CT molecular complexity index is 396. The summed E-state index contributed by atoms with van der Waals surface area (Å²) in [5, 5.41) is 0. The number of hydrogen-bond acceptors (Lipinski definition) is 2. The quantitative estimate of drug-likeness (QED) is 0.779. The average molecular weight is 221 g/mol. The molecule has 0 aromatic heterocycles. The number of Topliss-reactive ketones (excluding diaryl/α,β-unsaturated/α-hetero) is 1. The molecule has 2 unspecified atom stereocenters. The Morgan fingerprint density at radius 1 is 1.38 bits per heavy atom. The van der Waals surface area contributed by atoms with E-state index in [1.807, 2.05) is 0 Å². The molecule has 0 bridgehead atoms. The third-order valence-corrected chi connectivity index (χ3v) is 3.17. The normalized spacial score (nSPS) is 24.7. The molecule has 1 saturated carbocycles. The van der Waals surface area contributed by atoms with Crippen LogP contribution in [0, 0.1) is 18.7 Å². The van der Waals surface area contributed by atoms with Gasteiger partial charge in [0.15, 0.2) is 5.78 Å². The molecule has 1 aliphatic carbocycles. The second kappa shape index (κ2) is 4.34. The van der Waals surface area contributed by atoms with E-state index in [0.717, 1.165) is 24.8 Å². The van der Waals surface area contributed by atoms with Crippen LogP contribution in [0.1, 0.15) is 35.2 Å². The molecule has 16 heavy (non-hydrogen) atoms. The van der Waals surface area contributed by atoms with Crippen molar-refractivity contribution in [2.45, 2.75) is 32.2 Å². The summed E-state index contributed by atoms with van der Waals surface area (Å²) in [6.45, 7) is 1.79. The fraction of sp³-hybridized carbons (Fsp3) is 0.462. The molecular formula is C13H16FNO. The first-order valence-corrected chi connectivity index (χ1v) is 5.63. The molecule has 0 radical (unpaired) electrons. The molecule has 0 amide bonds. The monoisotopic (exact) mass is 221 g/mol. The summed E-state index contributed by atoms with van der Waals surface area (Å²) >= 11 is 0. The van der Waals surface area contributed by atoms with Gasteiger partial charge in [-0.2, -0.15) is 0 Å². The smallest absolute Gasteiger partial charge is 0.166 e. The fourth-order valence-corrected chi connectivity index (χ4v) is 2.37. The maximum Gasteiger partial charge on any atom is 0.166 e. The maximum atomic E-state index is 13.2. The zero-order valence-corrected chi connectivity index (χ0v) is 9.37. The SMILES string of the molecule is Cc1cc(F)cc(C(=O)C2CCC(N)C2)c1. The summed E-state index contributed by atoms with van der Waals surface area (Å²) in [6.07, 6.45) is 2.45. The van der Waals surface area contributed by atoms with E-state index in [1.54, 1.807) is 13.0 Å². The van der Waals surface area contributed by atoms with Crippen molar-refractivity contribution >= 4 is 5.78 Å². The molecule has 2 nitrogen and oxygen atoms in total. The first kappa shape index (κ1) is 11.3. The molecule has 2 N–H and O–H groups in total. The summed E-state index contributed by atoms with van der Waals surface area (Å²) in [6, 6.07) is 4.62. The first-order valence-electron chi connectivity index (χ1n) is 5.63. The van der Waals surface area contributed by atoms with Crippen molar-refractivity contribution in [3.05, 3.63) is 35.1 Å². The highest BCUT2D eigenvalue weighted by Gasteiger charge is 2.28. The van der Waals surface area contributed by atoms with Gasteiger partial charge in [-0.05, 0) is 49.9 Å². The Balaban J connectivity index is 2.20. The Morgan fingerprint density at radius 3 is 2.69 bits per heavy atom. The van der Waals surface area contributed by atoms with E-state index < -0.39 is 0 Å². The predicted octanol–water partition coefficient (Wildman–Crippen LogP) is 2.44. The highest BCUT2D eigenvalue weighted by molar-refractivity contribution is 5.98. The zero-order valence-electron chi connectivity index (χ0n) is 9.37. The molecular weight excluding hydrogens is 205 g/mol. The number of nitrogens with two attached hydrogens (primary N) is 1. The van der Waals surface area contributed by atoms with Crippen LogP contribution in [0.25, 0.3) is 0 Å². The van der Waals surface area contributed by atoms with Crippen LogP contribution in [-0.4, -0.2) is 11.8 Å². The van der Waals surface area contributed by atoms with Gasteiger partial charge in [0.25, 0.3) is 0 Å². The van der Waals surface area contributed by atoms with E-state index in [2.05, 4.69) is 0 Å². The van der Waals surface area contributed by atoms with Gasteiger partial charge in [0, 0.05) is 17.5 Å². The summed E-state index contributed by atoms with van der Waals surface area (Å²) in [5.74, 6) is -0.322. The number of halogens is 1. The van der Waals surface area contributed by atoms with Crippen molar-refractivity contribution in [3.8, 4) is 0 Å². The number of rotatable bonds is 2. The molecule has 1 aromatic carbocycles. The third-order valence-electron chi connectivity index (χ3n) is 3.17.